The molecule has 0 aliphatic rings. The molecule has 2 aromatic carbocycles. The first kappa shape index (κ1) is 23.3. The first-order valence-corrected chi connectivity index (χ1v) is 11.4. The van der Waals surface area contributed by atoms with Gasteiger partial charge in [-0.05, 0) is 55.7 Å². The molecule has 0 aliphatic carbocycles. The number of aryl methyl sites for hydroxylation is 1. The third-order valence-corrected chi connectivity index (χ3v) is 6.22. The van der Waals surface area contributed by atoms with E-state index in [0.29, 0.717) is 40.7 Å². The highest BCUT2D eigenvalue weighted by Gasteiger charge is 2.20. The average Bonchev–Trinajstić information content (AvgIpc) is 2.76. The van der Waals surface area contributed by atoms with Crippen LogP contribution in [0.3, 0.4) is 0 Å². The maximum atomic E-state index is 13.1. The Hall–Kier alpha value is -2.35. The van der Waals surface area contributed by atoms with E-state index in [1.165, 1.54) is 17.3 Å². The molecule has 0 saturated heterocycles. The van der Waals surface area contributed by atoms with Crippen molar-refractivity contribution < 1.29 is 9.53 Å². The number of nitrogens with zero attached hydrogens (tertiary/aromatic N) is 2. The van der Waals surface area contributed by atoms with Crippen molar-refractivity contribution in [1.29, 1.82) is 0 Å². The lowest BCUT2D eigenvalue weighted by Crippen LogP contribution is -2.27. The van der Waals surface area contributed by atoms with Crippen molar-refractivity contribution in [1.82, 2.24) is 9.55 Å². The second-order valence-corrected chi connectivity index (χ2v) is 8.90. The number of rotatable bonds is 9. The summed E-state index contributed by atoms with van der Waals surface area (Å²) in [6.07, 6.45) is 1.60. The van der Waals surface area contributed by atoms with Gasteiger partial charge in [0.15, 0.2) is 5.16 Å². The van der Waals surface area contributed by atoms with Gasteiger partial charge in [-0.1, -0.05) is 42.4 Å². The standard InChI is InChI=1S/C23H26ClN3O3S/c1-4-16-6-9-18(10-7-16)25-21(28)15(2)31-23-26-20-14-17(24)8-11-19(20)22(29)27(23)12-5-13-30-3/h6-11,14-15H,4-5,12-13H2,1-3H3,(H,25,28). The minimum absolute atomic E-state index is 0.150. The summed E-state index contributed by atoms with van der Waals surface area (Å²) in [5, 5.41) is 3.97. The van der Waals surface area contributed by atoms with E-state index in [4.69, 9.17) is 16.3 Å². The Bertz CT molecular complexity index is 1120. The molecule has 0 aliphatic heterocycles. The molecule has 0 spiro atoms. The smallest absolute Gasteiger partial charge is 0.262 e. The molecule has 31 heavy (non-hydrogen) atoms. The van der Waals surface area contributed by atoms with Crippen LogP contribution < -0.4 is 10.9 Å². The fourth-order valence-electron chi connectivity index (χ4n) is 3.11. The number of anilines is 1. The Balaban J connectivity index is 1.85. The number of aromatic nitrogens is 2. The normalized spacial score (nSPS) is 12.1. The summed E-state index contributed by atoms with van der Waals surface area (Å²) in [5.41, 5.74) is 2.32. The van der Waals surface area contributed by atoms with Gasteiger partial charge in [-0.25, -0.2) is 4.98 Å². The molecule has 164 valence electrons. The van der Waals surface area contributed by atoms with E-state index in [2.05, 4.69) is 17.2 Å². The second-order valence-electron chi connectivity index (χ2n) is 7.16. The van der Waals surface area contributed by atoms with Gasteiger partial charge in [-0.3, -0.25) is 14.2 Å². The van der Waals surface area contributed by atoms with Crippen molar-refractivity contribution >= 4 is 45.9 Å². The van der Waals surface area contributed by atoms with E-state index in [1.807, 2.05) is 24.3 Å². The van der Waals surface area contributed by atoms with Crippen LogP contribution in [0.4, 0.5) is 5.69 Å². The molecule has 3 aromatic rings. The van der Waals surface area contributed by atoms with Gasteiger partial charge in [0.25, 0.3) is 5.56 Å². The minimum Gasteiger partial charge on any atom is -0.385 e. The van der Waals surface area contributed by atoms with Crippen molar-refractivity contribution in [2.24, 2.45) is 0 Å². The largest absolute Gasteiger partial charge is 0.385 e. The van der Waals surface area contributed by atoms with Gasteiger partial charge < -0.3 is 10.1 Å². The van der Waals surface area contributed by atoms with Crippen LogP contribution in [0.25, 0.3) is 10.9 Å². The fourth-order valence-corrected chi connectivity index (χ4v) is 4.21. The number of methoxy groups -OCH3 is 1. The number of benzene rings is 2. The third-order valence-electron chi connectivity index (χ3n) is 4.89. The van der Waals surface area contributed by atoms with E-state index in [0.717, 1.165) is 12.1 Å². The van der Waals surface area contributed by atoms with Gasteiger partial charge in [0.1, 0.15) is 0 Å². The summed E-state index contributed by atoms with van der Waals surface area (Å²) in [4.78, 5) is 30.5. The zero-order valence-electron chi connectivity index (χ0n) is 17.9. The topological polar surface area (TPSA) is 73.2 Å². The van der Waals surface area contributed by atoms with Gasteiger partial charge in [-0.15, -0.1) is 0 Å². The molecule has 0 saturated carbocycles. The van der Waals surface area contributed by atoms with E-state index in [-0.39, 0.29) is 11.5 Å². The highest BCUT2D eigenvalue weighted by Crippen LogP contribution is 2.25. The Morgan fingerprint density at radius 3 is 2.68 bits per heavy atom. The molecule has 0 radical (unpaired) electrons. The summed E-state index contributed by atoms with van der Waals surface area (Å²) >= 11 is 7.35. The Morgan fingerprint density at radius 2 is 2.00 bits per heavy atom. The number of carbonyl (C=O) groups excluding carboxylic acids is 1. The minimum atomic E-state index is -0.455. The van der Waals surface area contributed by atoms with Crippen molar-refractivity contribution in [2.75, 3.05) is 19.0 Å². The van der Waals surface area contributed by atoms with Crippen molar-refractivity contribution in [3.05, 3.63) is 63.4 Å². The molecule has 1 N–H and O–H groups in total. The summed E-state index contributed by atoms with van der Waals surface area (Å²) in [6, 6.07) is 12.8. The van der Waals surface area contributed by atoms with Gasteiger partial charge >= 0.3 is 0 Å². The number of thioether (sulfide) groups is 1. The number of hydrogen-bond acceptors (Lipinski definition) is 5. The van der Waals surface area contributed by atoms with E-state index in [1.54, 1.807) is 36.8 Å². The first-order chi connectivity index (χ1) is 14.9. The molecule has 1 atom stereocenters. The molecule has 3 rings (SSSR count). The van der Waals surface area contributed by atoms with Crippen molar-refractivity contribution in [3.8, 4) is 0 Å². The SMILES string of the molecule is CCc1ccc(NC(=O)C(C)Sc2nc3cc(Cl)ccc3c(=O)n2CCCOC)cc1. The van der Waals surface area contributed by atoms with Crippen LogP contribution in [-0.2, 0) is 22.5 Å². The number of fused-ring (bicyclic) bond motifs is 1. The Labute approximate surface area is 191 Å². The molecule has 1 amide bonds. The quantitative estimate of drug-likeness (QED) is 0.283. The van der Waals surface area contributed by atoms with Crippen LogP contribution in [-0.4, -0.2) is 34.4 Å². The van der Waals surface area contributed by atoms with Crippen LogP contribution in [0.1, 0.15) is 25.8 Å². The number of hydrogen-bond donors (Lipinski definition) is 1. The lowest BCUT2D eigenvalue weighted by Gasteiger charge is -2.16. The number of halogens is 1. The molecule has 6 nitrogen and oxygen atoms in total. The van der Waals surface area contributed by atoms with Crippen LogP contribution in [0.5, 0.6) is 0 Å². The summed E-state index contributed by atoms with van der Waals surface area (Å²) in [5.74, 6) is -0.155. The van der Waals surface area contributed by atoms with Crippen molar-refractivity contribution in [3.63, 3.8) is 0 Å². The van der Waals surface area contributed by atoms with Gasteiger partial charge in [0.2, 0.25) is 5.91 Å². The van der Waals surface area contributed by atoms with Crippen LogP contribution in [0.2, 0.25) is 5.02 Å². The van der Waals surface area contributed by atoms with E-state index in [9.17, 15) is 9.59 Å². The lowest BCUT2D eigenvalue weighted by atomic mass is 10.1. The molecule has 8 heteroatoms. The summed E-state index contributed by atoms with van der Waals surface area (Å²) in [6.45, 7) is 4.86. The van der Waals surface area contributed by atoms with Crippen LogP contribution in [0, 0.1) is 0 Å². The van der Waals surface area contributed by atoms with Gasteiger partial charge in [0.05, 0.1) is 16.2 Å². The fraction of sp³-hybridized carbons (Fsp3) is 0.348. The summed E-state index contributed by atoms with van der Waals surface area (Å²) < 4.78 is 6.74. The molecule has 1 aromatic heterocycles. The predicted octanol–water partition coefficient (Wildman–Crippen LogP) is 4.77. The highest BCUT2D eigenvalue weighted by molar-refractivity contribution is 8.00. The van der Waals surface area contributed by atoms with E-state index >= 15 is 0 Å². The van der Waals surface area contributed by atoms with Crippen LogP contribution >= 0.6 is 23.4 Å². The highest BCUT2D eigenvalue weighted by atomic mass is 35.5. The summed E-state index contributed by atoms with van der Waals surface area (Å²) in [7, 11) is 1.62. The molecule has 1 unspecified atom stereocenters. The number of carbonyl (C=O) groups is 1. The maximum Gasteiger partial charge on any atom is 0.262 e. The van der Waals surface area contributed by atoms with E-state index < -0.39 is 5.25 Å². The molecule has 0 bridgehead atoms. The van der Waals surface area contributed by atoms with Crippen molar-refractivity contribution in [2.45, 2.75) is 43.6 Å². The molecule has 1 heterocycles. The third kappa shape index (κ3) is 5.87. The van der Waals surface area contributed by atoms with Gasteiger partial charge in [0, 0.05) is 31.0 Å². The zero-order chi connectivity index (χ0) is 22.4. The Kier molecular flexibility index (Phi) is 8.12. The predicted molar refractivity (Wildman–Crippen MR) is 127 cm³/mol. The number of nitrogens with one attached hydrogen (secondary N) is 1. The maximum absolute atomic E-state index is 13.1. The Morgan fingerprint density at radius 1 is 1.26 bits per heavy atom. The average molecular weight is 460 g/mol. The second kappa shape index (κ2) is 10.8. The molecular weight excluding hydrogens is 434 g/mol. The monoisotopic (exact) mass is 459 g/mol. The number of ether oxygens (including phenoxy) is 1. The lowest BCUT2D eigenvalue weighted by molar-refractivity contribution is -0.115. The van der Waals surface area contributed by atoms with Gasteiger partial charge in [-0.2, -0.15) is 0 Å². The number of amides is 1. The van der Waals surface area contributed by atoms with Crippen LogP contribution in [0.15, 0.2) is 52.4 Å². The molecular formula is C23H26ClN3O3S. The first-order valence-electron chi connectivity index (χ1n) is 10.2. The molecule has 0 fully saturated rings. The zero-order valence-corrected chi connectivity index (χ0v) is 19.4.